The third-order valence-corrected chi connectivity index (χ3v) is 4.65. The van der Waals surface area contributed by atoms with Crippen LogP contribution in [0.25, 0.3) is 0 Å². The Kier molecular flexibility index (Phi) is 19.3. The van der Waals surface area contributed by atoms with Gasteiger partial charge >= 0.3 is 5.97 Å². The largest absolute Gasteiger partial charge is 0.478 e. The first kappa shape index (κ1) is 24.8. The molecule has 0 aliphatic heterocycles. The van der Waals surface area contributed by atoms with Crippen LogP contribution in [0.4, 0.5) is 0 Å². The van der Waals surface area contributed by atoms with Crippen molar-refractivity contribution in [1.82, 2.24) is 5.32 Å². The van der Waals surface area contributed by atoms with Crippen molar-refractivity contribution in [2.75, 3.05) is 13.1 Å². The summed E-state index contributed by atoms with van der Waals surface area (Å²) in [5.41, 5.74) is 0. The Hall–Kier alpha value is -1.16. The molecule has 0 aromatic carbocycles. The van der Waals surface area contributed by atoms with Crippen molar-refractivity contribution >= 4 is 11.8 Å². The first-order chi connectivity index (χ1) is 12.7. The van der Waals surface area contributed by atoms with E-state index in [2.05, 4.69) is 12.2 Å². The highest BCUT2D eigenvalue weighted by molar-refractivity contribution is 5.95. The second-order valence-electron chi connectivity index (χ2n) is 7.23. The van der Waals surface area contributed by atoms with Crippen LogP contribution >= 0.6 is 0 Å². The van der Waals surface area contributed by atoms with Gasteiger partial charge in [-0.25, -0.2) is 4.79 Å². The van der Waals surface area contributed by atoms with Crippen molar-refractivity contribution in [3.8, 4) is 0 Å². The number of carbonyl (C=O) groups is 2. The van der Waals surface area contributed by atoms with Crippen molar-refractivity contribution in [2.24, 2.45) is 0 Å². The summed E-state index contributed by atoms with van der Waals surface area (Å²) in [6.45, 7) is 4.57. The van der Waals surface area contributed by atoms with Gasteiger partial charge in [-0.3, -0.25) is 4.79 Å². The van der Waals surface area contributed by atoms with Crippen LogP contribution in [0.1, 0.15) is 103 Å². The molecule has 152 valence electrons. The van der Waals surface area contributed by atoms with Crippen LogP contribution < -0.4 is 5.32 Å². The van der Waals surface area contributed by atoms with Gasteiger partial charge in [0.05, 0.1) is 0 Å². The van der Waals surface area contributed by atoms with Gasteiger partial charge in [0.2, 0.25) is 0 Å². The average molecular weight is 368 g/mol. The van der Waals surface area contributed by atoms with Crippen LogP contribution in [0.5, 0.6) is 0 Å². The van der Waals surface area contributed by atoms with E-state index in [0.717, 1.165) is 32.0 Å². The molecule has 0 aromatic heterocycles. The third-order valence-electron chi connectivity index (χ3n) is 4.65. The molecule has 2 N–H and O–H groups in total. The zero-order valence-electron chi connectivity index (χ0n) is 16.9. The van der Waals surface area contributed by atoms with E-state index in [9.17, 15) is 9.59 Å². The number of unbranched alkanes of at least 4 members (excludes halogenated alkanes) is 12. The Labute approximate surface area is 160 Å². The summed E-state index contributed by atoms with van der Waals surface area (Å²) < 4.78 is 0. The van der Waals surface area contributed by atoms with Gasteiger partial charge in [-0.2, -0.15) is 0 Å². The van der Waals surface area contributed by atoms with Crippen molar-refractivity contribution in [1.29, 1.82) is 0 Å². The summed E-state index contributed by atoms with van der Waals surface area (Å²) in [6, 6.07) is 0. The smallest absolute Gasteiger partial charge is 0.328 e. The van der Waals surface area contributed by atoms with Crippen molar-refractivity contribution in [3.05, 3.63) is 12.2 Å². The monoisotopic (exact) mass is 367 g/mol. The first-order valence-electron chi connectivity index (χ1n) is 10.8. The van der Waals surface area contributed by atoms with Crippen LogP contribution in [0.2, 0.25) is 0 Å². The minimum Gasteiger partial charge on any atom is -0.478 e. The molecule has 0 aromatic rings. The number of aliphatic carboxylic acids is 1. The molecule has 0 spiro atoms. The number of rotatable bonds is 20. The fourth-order valence-corrected chi connectivity index (χ4v) is 3.01. The van der Waals surface area contributed by atoms with Gasteiger partial charge < -0.3 is 10.4 Å². The topological polar surface area (TPSA) is 66.4 Å². The van der Waals surface area contributed by atoms with Crippen molar-refractivity contribution in [3.63, 3.8) is 0 Å². The third kappa shape index (κ3) is 20.9. The van der Waals surface area contributed by atoms with Gasteiger partial charge in [-0.15, -0.1) is 0 Å². The Morgan fingerprint density at radius 1 is 0.692 bits per heavy atom. The second-order valence-corrected chi connectivity index (χ2v) is 7.23. The summed E-state index contributed by atoms with van der Waals surface area (Å²) >= 11 is 0. The van der Waals surface area contributed by atoms with Crippen LogP contribution in [0.15, 0.2) is 12.2 Å². The molecule has 0 atom stereocenters. The van der Waals surface area contributed by atoms with Gasteiger partial charge in [0.15, 0.2) is 5.78 Å². The zero-order chi connectivity index (χ0) is 19.3. The molecule has 0 unspecified atom stereocenters. The molecule has 0 aliphatic rings. The molecule has 0 saturated carbocycles. The molecule has 0 saturated heterocycles. The van der Waals surface area contributed by atoms with Crippen LogP contribution in [0.3, 0.4) is 0 Å². The van der Waals surface area contributed by atoms with Crippen molar-refractivity contribution in [2.45, 2.75) is 103 Å². The number of carbonyl (C=O) groups excluding carboxylic acids is 1. The molecule has 4 nitrogen and oxygen atoms in total. The predicted octanol–water partition coefficient (Wildman–Crippen LogP) is 5.66. The summed E-state index contributed by atoms with van der Waals surface area (Å²) in [7, 11) is 0. The predicted molar refractivity (Wildman–Crippen MR) is 110 cm³/mol. The molecule has 0 heterocycles. The molecular weight excluding hydrogens is 326 g/mol. The van der Waals surface area contributed by atoms with Crippen LogP contribution in [-0.4, -0.2) is 29.9 Å². The highest BCUT2D eigenvalue weighted by Gasteiger charge is 1.98. The molecule has 0 radical (unpaired) electrons. The fraction of sp³-hybridized carbons (Fsp3) is 0.818. The maximum absolute atomic E-state index is 11.4. The lowest BCUT2D eigenvalue weighted by Crippen LogP contribution is -2.16. The normalized spacial score (nSPS) is 11.3. The van der Waals surface area contributed by atoms with Crippen LogP contribution in [-0.2, 0) is 9.59 Å². The van der Waals surface area contributed by atoms with Crippen molar-refractivity contribution < 1.29 is 14.7 Å². The Bertz CT molecular complexity index is 366. The summed E-state index contributed by atoms with van der Waals surface area (Å²) in [5.74, 6) is -1.14. The molecule has 0 amide bonds. The van der Waals surface area contributed by atoms with Gasteiger partial charge in [0.1, 0.15) is 0 Å². The highest BCUT2D eigenvalue weighted by Crippen LogP contribution is 2.09. The number of ketones is 1. The lowest BCUT2D eigenvalue weighted by atomic mass is 10.1. The summed E-state index contributed by atoms with van der Waals surface area (Å²) in [5, 5.41) is 12.0. The van der Waals surface area contributed by atoms with Gasteiger partial charge in [0, 0.05) is 12.5 Å². The summed E-state index contributed by atoms with van der Waals surface area (Å²) in [6.07, 6.45) is 20.3. The molecule has 4 heteroatoms. The minimum absolute atomic E-state index is 0.0839. The minimum atomic E-state index is -1.06. The van der Waals surface area contributed by atoms with E-state index in [-0.39, 0.29) is 5.78 Å². The summed E-state index contributed by atoms with van der Waals surface area (Å²) in [4.78, 5) is 21.6. The maximum atomic E-state index is 11.4. The number of hydrogen-bond acceptors (Lipinski definition) is 3. The Morgan fingerprint density at radius 3 is 1.65 bits per heavy atom. The highest BCUT2D eigenvalue weighted by atomic mass is 16.4. The van der Waals surface area contributed by atoms with E-state index in [0.29, 0.717) is 6.42 Å². The van der Waals surface area contributed by atoms with E-state index in [1.165, 1.54) is 83.1 Å². The lowest BCUT2D eigenvalue weighted by Gasteiger charge is -2.05. The molecule has 26 heavy (non-hydrogen) atoms. The van der Waals surface area contributed by atoms with Gasteiger partial charge in [-0.1, -0.05) is 77.6 Å². The standard InChI is InChI=1S/C22H41NO3/c1-2-3-4-5-8-11-14-19-23-20-15-12-9-6-7-10-13-16-21(24)17-18-22(25)26/h17-18,23H,2-16,19-20H2,1H3,(H,25,26). The number of nitrogens with one attached hydrogen (secondary N) is 1. The van der Waals surface area contributed by atoms with E-state index in [4.69, 9.17) is 5.11 Å². The molecule has 0 fully saturated rings. The van der Waals surface area contributed by atoms with E-state index < -0.39 is 5.97 Å². The molecule has 0 rings (SSSR count). The fourth-order valence-electron chi connectivity index (χ4n) is 3.01. The molecule has 0 aliphatic carbocycles. The van der Waals surface area contributed by atoms with E-state index in [1.807, 2.05) is 0 Å². The first-order valence-corrected chi connectivity index (χ1v) is 10.8. The number of carboxylic acid groups (broad SMARTS) is 1. The number of allylic oxidation sites excluding steroid dienone is 1. The maximum Gasteiger partial charge on any atom is 0.328 e. The number of hydrogen-bond donors (Lipinski definition) is 2. The molecule has 0 bridgehead atoms. The molecular formula is C22H41NO3. The quantitative estimate of drug-likeness (QED) is 0.215. The lowest BCUT2D eigenvalue weighted by molar-refractivity contribution is -0.131. The number of carboxylic acids is 1. The SMILES string of the molecule is CCCCCCCCCNCCCCCCCCCC(=O)C=CC(=O)O. The van der Waals surface area contributed by atoms with Crippen LogP contribution in [0, 0.1) is 0 Å². The zero-order valence-corrected chi connectivity index (χ0v) is 16.9. The Morgan fingerprint density at radius 2 is 1.15 bits per heavy atom. The van der Waals surface area contributed by atoms with Gasteiger partial charge in [-0.05, 0) is 38.4 Å². The Balaban J connectivity index is 3.13. The van der Waals surface area contributed by atoms with E-state index >= 15 is 0 Å². The van der Waals surface area contributed by atoms with Gasteiger partial charge in [0.25, 0.3) is 0 Å². The average Bonchev–Trinajstić information content (AvgIpc) is 2.62. The van der Waals surface area contributed by atoms with E-state index in [1.54, 1.807) is 0 Å². The second kappa shape index (κ2) is 20.2.